The lowest BCUT2D eigenvalue weighted by molar-refractivity contribution is 0.642. The molecule has 1 aromatic heterocycles. The topological polar surface area (TPSA) is 13.1 Å². The van der Waals surface area contributed by atoms with Gasteiger partial charge in [-0.15, -0.1) is 0 Å². The third kappa shape index (κ3) is 4.93. The molecular formula is C57H46OS. The maximum absolute atomic E-state index is 6.99. The van der Waals surface area contributed by atoms with Crippen molar-refractivity contribution < 1.29 is 4.42 Å². The van der Waals surface area contributed by atoms with E-state index < -0.39 is 10.0 Å². The van der Waals surface area contributed by atoms with E-state index in [1.807, 2.05) is 13.8 Å². The molecule has 2 aliphatic rings. The van der Waals surface area contributed by atoms with Gasteiger partial charge in [-0.25, -0.2) is 0 Å². The van der Waals surface area contributed by atoms with Gasteiger partial charge >= 0.3 is 0 Å². The number of para-hydroxylation sites is 1. The highest BCUT2D eigenvalue weighted by Crippen LogP contribution is 2.73. The fraction of sp³-hybridized carbons (Fsp3) is 0.123. The van der Waals surface area contributed by atoms with E-state index in [4.69, 9.17) is 4.42 Å². The molecule has 59 heavy (non-hydrogen) atoms. The molecule has 10 aromatic rings. The van der Waals surface area contributed by atoms with Crippen LogP contribution in [0.15, 0.2) is 184 Å². The Hall–Kier alpha value is -6.35. The van der Waals surface area contributed by atoms with Crippen molar-refractivity contribution in [3.05, 3.63) is 181 Å². The summed E-state index contributed by atoms with van der Waals surface area (Å²) in [4.78, 5) is 3.00. The van der Waals surface area contributed by atoms with E-state index in [9.17, 15) is 0 Å². The van der Waals surface area contributed by atoms with Crippen LogP contribution in [0.1, 0.15) is 38.8 Å². The summed E-state index contributed by atoms with van der Waals surface area (Å²) in [6.07, 6.45) is 5.01. The summed E-state index contributed by atoms with van der Waals surface area (Å²) in [6, 6.07) is 62.9. The lowest BCUT2D eigenvalue weighted by Gasteiger charge is -2.34. The molecule has 0 saturated heterocycles. The monoisotopic (exact) mass is 778 g/mol. The first-order valence-electron chi connectivity index (χ1n) is 20.9. The molecule has 0 unspecified atom stereocenters. The average molecular weight is 779 g/mol. The Labute approximate surface area is 348 Å². The maximum Gasteiger partial charge on any atom is 0.144 e. The molecule has 0 atom stereocenters. The lowest BCUT2D eigenvalue weighted by atomic mass is 9.79. The van der Waals surface area contributed by atoms with Crippen molar-refractivity contribution in [3.63, 3.8) is 0 Å². The summed E-state index contributed by atoms with van der Waals surface area (Å²) in [5.41, 5.74) is 17.4. The van der Waals surface area contributed by atoms with Crippen molar-refractivity contribution in [1.82, 2.24) is 0 Å². The molecule has 12 rings (SSSR count). The van der Waals surface area contributed by atoms with Gasteiger partial charge in [-0.3, -0.25) is 0 Å². The Morgan fingerprint density at radius 1 is 0.441 bits per heavy atom. The van der Waals surface area contributed by atoms with Gasteiger partial charge in [0, 0.05) is 37.1 Å². The molecule has 0 N–H and O–H groups in total. The minimum Gasteiger partial charge on any atom is -0.455 e. The fourth-order valence-electron chi connectivity index (χ4n) is 10.6. The normalized spacial score (nSPS) is 14.7. The van der Waals surface area contributed by atoms with E-state index in [0.717, 1.165) is 11.2 Å². The van der Waals surface area contributed by atoms with Crippen molar-refractivity contribution in [3.8, 4) is 55.6 Å². The number of rotatable bonds is 3. The molecule has 2 heteroatoms. The van der Waals surface area contributed by atoms with Crippen LogP contribution in [0.4, 0.5) is 0 Å². The summed E-state index contributed by atoms with van der Waals surface area (Å²) < 4.78 is 6.99. The largest absolute Gasteiger partial charge is 0.455 e. The molecular weight excluding hydrogens is 733 g/mol. The molecule has 2 heterocycles. The molecule has 9 aromatic carbocycles. The highest BCUT2D eigenvalue weighted by atomic mass is 32.3. The zero-order valence-electron chi connectivity index (χ0n) is 34.5. The summed E-state index contributed by atoms with van der Waals surface area (Å²) in [5.74, 6) is 0. The predicted molar refractivity (Wildman–Crippen MR) is 255 cm³/mol. The SMILES string of the molecule is CC.CC1(C)c2cc(-c3c4ccccc4c(-c4cccc(-c5ccccc5)c4)c4ccccc34)ccc2-c2c1c1c(c3c2oc2ccccc23)-c2ccccc2S1(C)C. The van der Waals surface area contributed by atoms with E-state index in [0.29, 0.717) is 0 Å². The van der Waals surface area contributed by atoms with Gasteiger partial charge in [-0.2, -0.15) is 10.0 Å². The zero-order valence-corrected chi connectivity index (χ0v) is 35.3. The Bertz CT molecular complexity index is 3290. The van der Waals surface area contributed by atoms with E-state index in [2.05, 4.69) is 196 Å². The molecule has 0 fully saturated rings. The highest BCUT2D eigenvalue weighted by molar-refractivity contribution is 8.33. The van der Waals surface area contributed by atoms with Crippen LogP contribution in [0.2, 0.25) is 0 Å². The van der Waals surface area contributed by atoms with Crippen molar-refractivity contribution >= 4 is 53.5 Å². The van der Waals surface area contributed by atoms with Gasteiger partial charge in [0.15, 0.2) is 0 Å². The van der Waals surface area contributed by atoms with Gasteiger partial charge in [0.1, 0.15) is 11.2 Å². The van der Waals surface area contributed by atoms with Gasteiger partial charge in [0.05, 0.1) is 0 Å². The summed E-state index contributed by atoms with van der Waals surface area (Å²) >= 11 is 0. The van der Waals surface area contributed by atoms with Crippen LogP contribution >= 0.6 is 10.0 Å². The summed E-state index contributed by atoms with van der Waals surface area (Å²) in [6.45, 7) is 8.90. The van der Waals surface area contributed by atoms with Crippen molar-refractivity contribution in [2.24, 2.45) is 0 Å². The second kappa shape index (κ2) is 13.1. The average Bonchev–Trinajstić information content (AvgIpc) is 3.86. The van der Waals surface area contributed by atoms with Crippen LogP contribution in [-0.4, -0.2) is 12.5 Å². The van der Waals surface area contributed by atoms with Gasteiger partial charge in [0.25, 0.3) is 0 Å². The number of benzene rings is 9. The molecule has 0 saturated carbocycles. The van der Waals surface area contributed by atoms with Gasteiger partial charge in [0.2, 0.25) is 0 Å². The van der Waals surface area contributed by atoms with E-state index in [1.54, 1.807) is 0 Å². The lowest BCUT2D eigenvalue weighted by Crippen LogP contribution is -2.18. The quantitative estimate of drug-likeness (QED) is 0.163. The molecule has 286 valence electrons. The van der Waals surface area contributed by atoms with Crippen LogP contribution in [0.25, 0.3) is 99.1 Å². The Kier molecular flexibility index (Phi) is 7.93. The molecule has 1 aliphatic heterocycles. The Morgan fingerprint density at radius 2 is 0.983 bits per heavy atom. The first-order chi connectivity index (χ1) is 28.8. The Balaban J connectivity index is 0.00000196. The summed E-state index contributed by atoms with van der Waals surface area (Å²) in [7, 11) is -1.33. The number of fused-ring (bicyclic) bond motifs is 14. The number of hydrogen-bond acceptors (Lipinski definition) is 1. The molecule has 1 nitrogen and oxygen atoms in total. The van der Waals surface area contributed by atoms with Crippen molar-refractivity contribution in [1.29, 1.82) is 0 Å². The first-order valence-corrected chi connectivity index (χ1v) is 23.4. The number of hydrogen-bond donors (Lipinski definition) is 0. The third-order valence-corrected chi connectivity index (χ3v) is 15.9. The smallest absolute Gasteiger partial charge is 0.144 e. The van der Waals surface area contributed by atoms with Crippen LogP contribution in [0.5, 0.6) is 0 Å². The second-order valence-corrected chi connectivity index (χ2v) is 20.3. The zero-order chi connectivity index (χ0) is 40.2. The minimum atomic E-state index is -1.33. The fourth-order valence-corrected chi connectivity index (χ4v) is 13.5. The van der Waals surface area contributed by atoms with Crippen LogP contribution < -0.4 is 0 Å². The molecule has 0 amide bonds. The Morgan fingerprint density at radius 3 is 1.66 bits per heavy atom. The van der Waals surface area contributed by atoms with Crippen molar-refractivity contribution in [2.75, 3.05) is 12.5 Å². The second-order valence-electron chi connectivity index (χ2n) is 16.8. The van der Waals surface area contributed by atoms with Gasteiger partial charge < -0.3 is 4.42 Å². The van der Waals surface area contributed by atoms with Crippen LogP contribution in [0.3, 0.4) is 0 Å². The maximum atomic E-state index is 6.99. The third-order valence-electron chi connectivity index (χ3n) is 13.1. The van der Waals surface area contributed by atoms with E-state index in [-0.39, 0.29) is 5.41 Å². The minimum absolute atomic E-state index is 0.256. The predicted octanol–water partition coefficient (Wildman–Crippen LogP) is 16.7. The van der Waals surface area contributed by atoms with E-state index in [1.165, 1.54) is 109 Å². The first kappa shape index (κ1) is 35.8. The van der Waals surface area contributed by atoms with Crippen LogP contribution in [-0.2, 0) is 5.41 Å². The molecule has 1 aliphatic carbocycles. The highest BCUT2D eigenvalue weighted by Gasteiger charge is 2.47. The molecule has 0 spiro atoms. The van der Waals surface area contributed by atoms with Gasteiger partial charge in [-0.05, 0) is 114 Å². The number of furan rings is 1. The molecule has 0 bridgehead atoms. The van der Waals surface area contributed by atoms with Crippen LogP contribution in [0, 0.1) is 0 Å². The molecule has 0 radical (unpaired) electrons. The van der Waals surface area contributed by atoms with Crippen molar-refractivity contribution in [2.45, 2.75) is 42.9 Å². The summed E-state index contributed by atoms with van der Waals surface area (Å²) in [5, 5.41) is 7.54. The van der Waals surface area contributed by atoms with Gasteiger partial charge in [-0.1, -0.05) is 173 Å². The standard InChI is InChI=1S/C55H40OS.C2H6/c1-55(2)44-32-36(48-39-23-10-8-21-37(39)47(38-22-9-11-24-40(38)48)35-20-16-19-34(31-35)33-17-6-5-7-18-33)29-30-41(44)51-52(55)54-50(43-26-13-15-28-46(43)57(54,3)4)49-42-25-12-14-27-45(42)56-53(49)51;1-2/h5-32H,1-4H3;1-2H3. The van der Waals surface area contributed by atoms with E-state index >= 15 is 0 Å².